The van der Waals surface area contributed by atoms with Gasteiger partial charge in [-0.2, -0.15) is 0 Å². The zero-order valence-electron chi connectivity index (χ0n) is 17.4. The van der Waals surface area contributed by atoms with Crippen molar-refractivity contribution < 1.29 is 26.4 Å². The van der Waals surface area contributed by atoms with Crippen molar-refractivity contribution >= 4 is 43.2 Å². The zero-order chi connectivity index (χ0) is 23.5. The number of nitrogens with two attached hydrogens (primary N) is 1. The van der Waals surface area contributed by atoms with Crippen LogP contribution in [0.1, 0.15) is 17.5 Å². The van der Waals surface area contributed by atoms with Crippen molar-refractivity contribution in [1.29, 1.82) is 0 Å². The Bertz CT molecular complexity index is 1240. The number of nitrogens with zero attached hydrogens (tertiary/aromatic N) is 1. The first-order valence-electron chi connectivity index (χ1n) is 9.77. The number of benzene rings is 2. The predicted octanol–water partition coefficient (Wildman–Crippen LogP) is 0.344. The van der Waals surface area contributed by atoms with E-state index in [-0.39, 0.29) is 11.4 Å². The van der Waals surface area contributed by atoms with E-state index in [2.05, 4.69) is 10.6 Å². The lowest BCUT2D eigenvalue weighted by Crippen LogP contribution is -2.36. The van der Waals surface area contributed by atoms with Crippen molar-refractivity contribution in [3.63, 3.8) is 0 Å². The van der Waals surface area contributed by atoms with Gasteiger partial charge < -0.3 is 10.6 Å². The molecule has 1 aliphatic heterocycles. The average molecular weight is 481 g/mol. The van der Waals surface area contributed by atoms with Crippen LogP contribution in [0.2, 0.25) is 0 Å². The van der Waals surface area contributed by atoms with E-state index in [9.17, 15) is 26.4 Å². The summed E-state index contributed by atoms with van der Waals surface area (Å²) in [7, 11) is -7.15. The molecule has 0 saturated heterocycles. The van der Waals surface area contributed by atoms with E-state index >= 15 is 0 Å². The van der Waals surface area contributed by atoms with Crippen molar-refractivity contribution in [3.8, 4) is 0 Å². The van der Waals surface area contributed by atoms with Crippen LogP contribution in [-0.4, -0.2) is 48.0 Å². The van der Waals surface area contributed by atoms with Crippen LogP contribution >= 0.6 is 0 Å². The molecule has 0 spiro atoms. The first kappa shape index (κ1) is 23.7. The number of hydrogen-bond donors (Lipinski definition) is 3. The van der Waals surface area contributed by atoms with Crippen molar-refractivity contribution in [2.45, 2.75) is 24.2 Å². The van der Waals surface area contributed by atoms with Crippen LogP contribution in [-0.2, 0) is 42.5 Å². The molecule has 10 nitrogen and oxygen atoms in total. The highest BCUT2D eigenvalue weighted by Gasteiger charge is 2.24. The molecule has 172 valence electrons. The zero-order valence-corrected chi connectivity index (χ0v) is 19.0. The van der Waals surface area contributed by atoms with Gasteiger partial charge in [-0.15, -0.1) is 0 Å². The first-order valence-corrected chi connectivity index (χ1v) is 13.2. The van der Waals surface area contributed by atoms with E-state index < -0.39 is 31.9 Å². The number of nitrogens with one attached hydrogen (secondary N) is 2. The van der Waals surface area contributed by atoms with Crippen LogP contribution < -0.4 is 20.1 Å². The van der Waals surface area contributed by atoms with E-state index in [1.54, 1.807) is 30.3 Å². The summed E-state index contributed by atoms with van der Waals surface area (Å²) in [6.07, 6.45) is 2.87. The van der Waals surface area contributed by atoms with Crippen LogP contribution in [0.4, 0.5) is 11.4 Å². The number of carbonyl (C=O) groups excluding carboxylic acids is 2. The average Bonchev–Trinajstić information content (AvgIpc) is 2.72. The highest BCUT2D eigenvalue weighted by molar-refractivity contribution is 7.92. The second-order valence-corrected chi connectivity index (χ2v) is 10.9. The molecule has 1 aliphatic rings. The summed E-state index contributed by atoms with van der Waals surface area (Å²) in [6, 6.07) is 10.8. The third-order valence-corrected chi connectivity index (χ3v) is 7.08. The lowest BCUT2D eigenvalue weighted by atomic mass is 10.0. The Kier molecular flexibility index (Phi) is 6.86. The van der Waals surface area contributed by atoms with Crippen LogP contribution in [0.3, 0.4) is 0 Å². The first-order chi connectivity index (χ1) is 14.9. The minimum atomic E-state index is -3.77. The van der Waals surface area contributed by atoms with Crippen molar-refractivity contribution in [2.75, 3.05) is 29.0 Å². The highest BCUT2D eigenvalue weighted by atomic mass is 32.2. The van der Waals surface area contributed by atoms with Gasteiger partial charge in [0, 0.05) is 18.8 Å². The van der Waals surface area contributed by atoms with Gasteiger partial charge in [0.1, 0.15) is 0 Å². The van der Waals surface area contributed by atoms with E-state index in [0.717, 1.165) is 17.4 Å². The Morgan fingerprint density at radius 2 is 1.72 bits per heavy atom. The van der Waals surface area contributed by atoms with Crippen LogP contribution in [0.5, 0.6) is 0 Å². The molecule has 1 heterocycles. The maximum atomic E-state index is 12.2. The summed E-state index contributed by atoms with van der Waals surface area (Å²) < 4.78 is 47.7. The Labute approximate surface area is 186 Å². The Morgan fingerprint density at radius 1 is 1.03 bits per heavy atom. The standard InChI is InChI=1S/C20H24N4O6S2/c1-31(27,28)24-12-2-3-15-13-16(6-9-18(15)24)23-20(26)19(25)22-11-10-14-4-7-17(8-5-14)32(21,29)30/h4-9,13H,2-3,10-12H2,1H3,(H,22,25)(H,23,26)(H2,21,29,30). The monoisotopic (exact) mass is 480 g/mol. The van der Waals surface area contributed by atoms with Crippen molar-refractivity contribution in [1.82, 2.24) is 5.32 Å². The number of sulfonamides is 2. The van der Waals surface area contributed by atoms with E-state index in [1.807, 2.05) is 0 Å². The molecule has 4 N–H and O–H groups in total. The molecular formula is C20H24N4O6S2. The quantitative estimate of drug-likeness (QED) is 0.506. The molecule has 12 heteroatoms. The normalized spacial score (nSPS) is 13.9. The molecule has 0 bridgehead atoms. The van der Waals surface area contributed by atoms with Crippen LogP contribution in [0.25, 0.3) is 0 Å². The Hall–Kier alpha value is -2.96. The van der Waals surface area contributed by atoms with Gasteiger partial charge in [0.25, 0.3) is 0 Å². The van der Waals surface area contributed by atoms with Gasteiger partial charge in [-0.05, 0) is 60.7 Å². The third-order valence-electron chi connectivity index (χ3n) is 4.97. The minimum absolute atomic E-state index is 0.00521. The van der Waals surface area contributed by atoms with Gasteiger partial charge in [0.15, 0.2) is 0 Å². The lowest BCUT2D eigenvalue weighted by molar-refractivity contribution is -0.136. The molecule has 0 fully saturated rings. The van der Waals surface area contributed by atoms with Gasteiger partial charge in [0.2, 0.25) is 20.0 Å². The second-order valence-electron chi connectivity index (χ2n) is 7.43. The highest BCUT2D eigenvalue weighted by Crippen LogP contribution is 2.31. The number of fused-ring (bicyclic) bond motifs is 1. The molecule has 0 saturated carbocycles. The Morgan fingerprint density at radius 3 is 2.34 bits per heavy atom. The van der Waals surface area contributed by atoms with E-state index in [0.29, 0.717) is 37.2 Å². The fraction of sp³-hybridized carbons (Fsp3) is 0.300. The summed E-state index contributed by atoms with van der Waals surface area (Å²) in [4.78, 5) is 24.3. The fourth-order valence-corrected chi connectivity index (χ4v) is 4.93. The molecule has 2 aromatic carbocycles. The number of rotatable bonds is 6. The largest absolute Gasteiger partial charge is 0.347 e. The van der Waals surface area contributed by atoms with Crippen molar-refractivity contribution in [3.05, 3.63) is 53.6 Å². The van der Waals surface area contributed by atoms with Gasteiger partial charge in [-0.25, -0.2) is 22.0 Å². The molecule has 0 atom stereocenters. The molecule has 32 heavy (non-hydrogen) atoms. The fourth-order valence-electron chi connectivity index (χ4n) is 3.42. The van der Waals surface area contributed by atoms with Gasteiger partial charge in [-0.3, -0.25) is 13.9 Å². The lowest BCUT2D eigenvalue weighted by Gasteiger charge is -2.29. The maximum absolute atomic E-state index is 12.2. The second kappa shape index (κ2) is 9.27. The number of aryl methyl sites for hydroxylation is 1. The van der Waals surface area contributed by atoms with Gasteiger partial charge in [-0.1, -0.05) is 12.1 Å². The van der Waals surface area contributed by atoms with E-state index in [1.165, 1.54) is 16.4 Å². The molecule has 0 aliphatic carbocycles. The maximum Gasteiger partial charge on any atom is 0.313 e. The molecule has 0 unspecified atom stereocenters. The smallest absolute Gasteiger partial charge is 0.313 e. The minimum Gasteiger partial charge on any atom is -0.347 e. The van der Waals surface area contributed by atoms with Gasteiger partial charge >= 0.3 is 11.8 Å². The summed E-state index contributed by atoms with van der Waals surface area (Å²) in [6.45, 7) is 0.583. The number of hydrogen-bond acceptors (Lipinski definition) is 6. The van der Waals surface area contributed by atoms with Gasteiger partial charge in [0.05, 0.1) is 16.8 Å². The summed E-state index contributed by atoms with van der Waals surface area (Å²) in [5, 5.41) is 10.1. The predicted molar refractivity (Wildman–Crippen MR) is 120 cm³/mol. The molecule has 3 rings (SSSR count). The SMILES string of the molecule is CS(=O)(=O)N1CCCc2cc(NC(=O)C(=O)NCCc3ccc(S(N)(=O)=O)cc3)ccc21. The number of anilines is 2. The Balaban J connectivity index is 1.55. The van der Waals surface area contributed by atoms with E-state index in [4.69, 9.17) is 5.14 Å². The van der Waals surface area contributed by atoms with Crippen LogP contribution in [0.15, 0.2) is 47.4 Å². The van der Waals surface area contributed by atoms with Crippen molar-refractivity contribution in [2.24, 2.45) is 5.14 Å². The topological polar surface area (TPSA) is 156 Å². The number of primary sulfonamides is 1. The molecule has 2 amide bonds. The number of carbonyl (C=O) groups is 2. The molecule has 0 aromatic heterocycles. The molecular weight excluding hydrogens is 456 g/mol. The molecule has 2 aromatic rings. The summed E-state index contributed by atoms with van der Waals surface area (Å²) >= 11 is 0. The summed E-state index contributed by atoms with van der Waals surface area (Å²) in [5.74, 6) is -1.66. The molecule has 0 radical (unpaired) electrons. The van der Waals surface area contributed by atoms with Crippen LogP contribution in [0, 0.1) is 0 Å². The summed E-state index contributed by atoms with van der Waals surface area (Å²) in [5.41, 5.74) is 2.53. The third kappa shape index (κ3) is 5.84. The number of amides is 2.